The van der Waals surface area contributed by atoms with E-state index in [1.54, 1.807) is 37.1 Å². The van der Waals surface area contributed by atoms with E-state index in [1.165, 1.54) is 11.3 Å². The van der Waals surface area contributed by atoms with E-state index >= 15 is 0 Å². The summed E-state index contributed by atoms with van der Waals surface area (Å²) in [6.45, 7) is 2.13. The maximum Gasteiger partial charge on any atom is 0.311 e. The van der Waals surface area contributed by atoms with Gasteiger partial charge in [0.1, 0.15) is 5.75 Å². The van der Waals surface area contributed by atoms with Gasteiger partial charge >= 0.3 is 5.97 Å². The van der Waals surface area contributed by atoms with Crippen LogP contribution in [0.15, 0.2) is 53.3 Å². The molecule has 138 valence electrons. The molecule has 3 rings (SSSR count). The Labute approximate surface area is 159 Å². The van der Waals surface area contributed by atoms with Gasteiger partial charge in [-0.1, -0.05) is 0 Å². The van der Waals surface area contributed by atoms with Gasteiger partial charge in [0.15, 0.2) is 0 Å². The van der Waals surface area contributed by atoms with Crippen LogP contribution in [0.2, 0.25) is 0 Å². The number of carbonyl (C=O) groups excluding carboxylic acids is 1. The van der Waals surface area contributed by atoms with Crippen molar-refractivity contribution in [3.8, 4) is 11.6 Å². The van der Waals surface area contributed by atoms with Crippen LogP contribution >= 0.6 is 11.3 Å². The number of thiazole rings is 1. The molecule has 27 heavy (non-hydrogen) atoms. The maximum atomic E-state index is 11.4. The number of hydrogen-bond donors (Lipinski definition) is 1. The van der Waals surface area contributed by atoms with Crippen molar-refractivity contribution >= 4 is 28.7 Å². The third-order valence-corrected chi connectivity index (χ3v) is 3.99. The molecule has 2 heterocycles. The predicted molar refractivity (Wildman–Crippen MR) is 102 cm³/mol. The molecular weight excluding hydrogens is 366 g/mol. The van der Waals surface area contributed by atoms with Crippen LogP contribution in [-0.2, 0) is 16.0 Å². The SMILES string of the molecule is CCOC(=O)Cc1csc(NN=Cc2ccc(Oc3cnccn3)cc2)n1. The number of nitrogens with zero attached hydrogens (tertiary/aromatic N) is 4. The zero-order chi connectivity index (χ0) is 18.9. The fourth-order valence-corrected chi connectivity index (χ4v) is 2.70. The minimum Gasteiger partial charge on any atom is -0.466 e. The lowest BCUT2D eigenvalue weighted by molar-refractivity contribution is -0.142. The number of hydrogen-bond acceptors (Lipinski definition) is 9. The molecule has 0 aliphatic carbocycles. The Morgan fingerprint density at radius 2 is 2.15 bits per heavy atom. The van der Waals surface area contributed by atoms with Crippen molar-refractivity contribution in [3.63, 3.8) is 0 Å². The summed E-state index contributed by atoms with van der Waals surface area (Å²) in [6, 6.07) is 7.36. The van der Waals surface area contributed by atoms with Crippen molar-refractivity contribution in [2.75, 3.05) is 12.0 Å². The summed E-state index contributed by atoms with van der Waals surface area (Å²) in [7, 11) is 0. The van der Waals surface area contributed by atoms with Crippen molar-refractivity contribution in [2.24, 2.45) is 5.10 Å². The second-order valence-corrected chi connectivity index (χ2v) is 6.07. The van der Waals surface area contributed by atoms with Crippen molar-refractivity contribution in [2.45, 2.75) is 13.3 Å². The molecule has 0 fully saturated rings. The summed E-state index contributed by atoms with van der Waals surface area (Å²) in [4.78, 5) is 23.7. The predicted octanol–water partition coefficient (Wildman–Crippen LogP) is 3.28. The normalized spacial score (nSPS) is 10.7. The molecule has 9 heteroatoms. The quantitative estimate of drug-likeness (QED) is 0.362. The number of nitrogens with one attached hydrogen (secondary N) is 1. The Morgan fingerprint density at radius 3 is 2.89 bits per heavy atom. The number of rotatable bonds is 8. The molecule has 0 radical (unpaired) electrons. The molecule has 1 N–H and O–H groups in total. The molecule has 0 aliphatic heterocycles. The number of hydrazone groups is 1. The summed E-state index contributed by atoms with van der Waals surface area (Å²) in [6.07, 6.45) is 6.52. The van der Waals surface area contributed by atoms with Gasteiger partial charge in [0.2, 0.25) is 11.0 Å². The molecule has 0 spiro atoms. The maximum absolute atomic E-state index is 11.4. The first-order valence-corrected chi connectivity index (χ1v) is 9.04. The van der Waals surface area contributed by atoms with E-state index in [1.807, 2.05) is 24.3 Å². The standard InChI is InChI=1S/C18H17N5O3S/c1-2-25-17(24)9-14-12-27-18(22-14)23-21-10-13-3-5-15(6-4-13)26-16-11-19-7-8-20-16/h3-8,10-12H,2,9H2,1H3,(H,22,23). The zero-order valence-corrected chi connectivity index (χ0v) is 15.3. The lowest BCUT2D eigenvalue weighted by atomic mass is 10.2. The Morgan fingerprint density at radius 1 is 1.30 bits per heavy atom. The summed E-state index contributed by atoms with van der Waals surface area (Å²) in [5.41, 5.74) is 4.39. The monoisotopic (exact) mass is 383 g/mol. The topological polar surface area (TPSA) is 98.6 Å². The Bertz CT molecular complexity index is 897. The number of ether oxygens (including phenoxy) is 2. The summed E-state index contributed by atoms with van der Waals surface area (Å²) in [5.74, 6) is 0.800. The minimum atomic E-state index is -0.290. The third kappa shape index (κ3) is 5.86. The van der Waals surface area contributed by atoms with Crippen LogP contribution in [0, 0.1) is 0 Å². The molecular formula is C18H17N5O3S. The van der Waals surface area contributed by atoms with E-state index in [4.69, 9.17) is 9.47 Å². The van der Waals surface area contributed by atoms with Crippen LogP contribution in [0.25, 0.3) is 0 Å². The van der Waals surface area contributed by atoms with Crippen LogP contribution in [0.5, 0.6) is 11.6 Å². The van der Waals surface area contributed by atoms with E-state index in [0.717, 1.165) is 5.56 Å². The highest BCUT2D eigenvalue weighted by Crippen LogP contribution is 2.18. The number of carbonyl (C=O) groups is 1. The molecule has 2 aromatic heterocycles. The molecule has 0 saturated heterocycles. The molecule has 0 bridgehead atoms. The van der Waals surface area contributed by atoms with Crippen LogP contribution in [0.3, 0.4) is 0 Å². The van der Waals surface area contributed by atoms with Gasteiger partial charge in [0, 0.05) is 17.8 Å². The first-order valence-electron chi connectivity index (χ1n) is 8.16. The average molecular weight is 383 g/mol. The highest BCUT2D eigenvalue weighted by molar-refractivity contribution is 7.13. The van der Waals surface area contributed by atoms with Crippen LogP contribution < -0.4 is 10.2 Å². The highest BCUT2D eigenvalue weighted by atomic mass is 32.1. The Balaban J connectivity index is 1.51. The Kier molecular flexibility index (Phi) is 6.42. The van der Waals surface area contributed by atoms with Gasteiger partial charge < -0.3 is 9.47 Å². The van der Waals surface area contributed by atoms with Crippen LogP contribution in [0.4, 0.5) is 5.13 Å². The van der Waals surface area contributed by atoms with E-state index in [-0.39, 0.29) is 12.4 Å². The van der Waals surface area contributed by atoms with Crippen LogP contribution in [0.1, 0.15) is 18.2 Å². The van der Waals surface area contributed by atoms with Crippen molar-refractivity contribution in [1.29, 1.82) is 0 Å². The first-order chi connectivity index (χ1) is 13.2. The van der Waals surface area contributed by atoms with E-state index in [0.29, 0.717) is 29.1 Å². The zero-order valence-electron chi connectivity index (χ0n) is 14.5. The lowest BCUT2D eigenvalue weighted by Crippen LogP contribution is -2.07. The van der Waals surface area contributed by atoms with Gasteiger partial charge in [-0.2, -0.15) is 5.10 Å². The van der Waals surface area contributed by atoms with E-state index in [2.05, 4.69) is 25.5 Å². The molecule has 0 atom stereocenters. The molecule has 1 aromatic carbocycles. The summed E-state index contributed by atoms with van der Waals surface area (Å²) < 4.78 is 10.5. The number of aromatic nitrogens is 3. The fourth-order valence-electron chi connectivity index (χ4n) is 2.04. The minimum absolute atomic E-state index is 0.156. The second-order valence-electron chi connectivity index (χ2n) is 5.21. The van der Waals surface area contributed by atoms with Gasteiger partial charge in [-0.05, 0) is 36.8 Å². The number of benzene rings is 1. The summed E-state index contributed by atoms with van der Waals surface area (Å²) in [5, 5.41) is 6.55. The van der Waals surface area contributed by atoms with Gasteiger partial charge in [-0.3, -0.25) is 15.2 Å². The van der Waals surface area contributed by atoms with Crippen molar-refractivity contribution in [1.82, 2.24) is 15.0 Å². The van der Waals surface area contributed by atoms with Crippen LogP contribution in [-0.4, -0.2) is 33.7 Å². The molecule has 0 aliphatic rings. The number of anilines is 1. The largest absolute Gasteiger partial charge is 0.466 e. The van der Waals surface area contributed by atoms with Crippen molar-refractivity contribution in [3.05, 3.63) is 59.5 Å². The highest BCUT2D eigenvalue weighted by Gasteiger charge is 2.07. The first kappa shape index (κ1) is 18.5. The van der Waals surface area contributed by atoms with Gasteiger partial charge in [0.25, 0.3) is 0 Å². The molecule has 8 nitrogen and oxygen atoms in total. The van der Waals surface area contributed by atoms with Gasteiger partial charge in [-0.25, -0.2) is 9.97 Å². The molecule has 3 aromatic rings. The third-order valence-electron chi connectivity index (χ3n) is 3.20. The fraction of sp³-hybridized carbons (Fsp3) is 0.167. The smallest absolute Gasteiger partial charge is 0.311 e. The number of esters is 1. The lowest BCUT2D eigenvalue weighted by Gasteiger charge is -2.03. The Hall–Kier alpha value is -3.33. The van der Waals surface area contributed by atoms with Gasteiger partial charge in [0.05, 0.1) is 31.1 Å². The molecule has 0 saturated carbocycles. The molecule has 0 amide bonds. The van der Waals surface area contributed by atoms with E-state index in [9.17, 15) is 4.79 Å². The molecule has 0 unspecified atom stereocenters. The van der Waals surface area contributed by atoms with Gasteiger partial charge in [-0.15, -0.1) is 11.3 Å². The van der Waals surface area contributed by atoms with E-state index < -0.39 is 0 Å². The van der Waals surface area contributed by atoms with Crippen molar-refractivity contribution < 1.29 is 14.3 Å². The summed E-state index contributed by atoms with van der Waals surface area (Å²) >= 11 is 1.37. The second kappa shape index (κ2) is 9.39. The average Bonchev–Trinajstić information content (AvgIpc) is 3.11.